The van der Waals surface area contributed by atoms with Crippen LogP contribution in [0.5, 0.6) is 0 Å². The Hall–Kier alpha value is -0.350. The van der Waals surface area contributed by atoms with Gasteiger partial charge in [0.1, 0.15) is 10.4 Å². The van der Waals surface area contributed by atoms with Crippen molar-refractivity contribution in [3.63, 3.8) is 0 Å². The minimum absolute atomic E-state index is 0.00343. The molecule has 1 aromatic rings. The summed E-state index contributed by atoms with van der Waals surface area (Å²) in [5, 5.41) is 0. The molecule has 0 saturated carbocycles. The number of imidazole rings is 1. The van der Waals surface area contributed by atoms with Gasteiger partial charge < -0.3 is 10.3 Å². The summed E-state index contributed by atoms with van der Waals surface area (Å²) in [5.41, 5.74) is 5.62. The minimum atomic E-state index is -0.00343. The zero-order valence-corrected chi connectivity index (χ0v) is 7.59. The summed E-state index contributed by atoms with van der Waals surface area (Å²) >= 11 is 3.33. The first-order chi connectivity index (χ1) is 4.63. The molecule has 2 N–H and O–H groups in total. The van der Waals surface area contributed by atoms with E-state index in [1.54, 1.807) is 6.20 Å². The molecule has 0 bridgehead atoms. The standard InChI is InChI=1S/C6H10BrN3/c1-4(8)6-9-3-5(7)10(6)2/h3-4H,8H2,1-2H3. The van der Waals surface area contributed by atoms with Gasteiger partial charge in [0.2, 0.25) is 0 Å². The Labute approximate surface area is 68.4 Å². The molecule has 1 rings (SSSR count). The summed E-state index contributed by atoms with van der Waals surface area (Å²) in [7, 11) is 1.93. The lowest BCUT2D eigenvalue weighted by Crippen LogP contribution is -2.11. The summed E-state index contributed by atoms with van der Waals surface area (Å²) in [6.07, 6.45) is 1.75. The van der Waals surface area contributed by atoms with Crippen LogP contribution in [-0.2, 0) is 7.05 Å². The van der Waals surface area contributed by atoms with E-state index in [2.05, 4.69) is 20.9 Å². The molecule has 0 aliphatic carbocycles. The van der Waals surface area contributed by atoms with Crippen LogP contribution in [0.25, 0.3) is 0 Å². The van der Waals surface area contributed by atoms with E-state index >= 15 is 0 Å². The first-order valence-electron chi connectivity index (χ1n) is 3.05. The molecular formula is C6H10BrN3. The molecule has 1 atom stereocenters. The predicted octanol–water partition coefficient (Wildman–Crippen LogP) is 1.20. The lowest BCUT2D eigenvalue weighted by molar-refractivity contribution is 0.681. The number of rotatable bonds is 1. The lowest BCUT2D eigenvalue weighted by Gasteiger charge is -2.04. The van der Waals surface area contributed by atoms with Gasteiger partial charge >= 0.3 is 0 Å². The zero-order valence-electron chi connectivity index (χ0n) is 6.00. The van der Waals surface area contributed by atoms with Crippen molar-refractivity contribution in [2.24, 2.45) is 12.8 Å². The minimum Gasteiger partial charge on any atom is -0.325 e. The van der Waals surface area contributed by atoms with E-state index in [0.29, 0.717) is 0 Å². The van der Waals surface area contributed by atoms with Crippen LogP contribution in [0.15, 0.2) is 10.8 Å². The van der Waals surface area contributed by atoms with E-state index in [0.717, 1.165) is 10.4 Å². The van der Waals surface area contributed by atoms with Crippen LogP contribution in [0.3, 0.4) is 0 Å². The van der Waals surface area contributed by atoms with Gasteiger partial charge in [0.05, 0.1) is 12.2 Å². The summed E-state index contributed by atoms with van der Waals surface area (Å²) in [6.45, 7) is 1.91. The van der Waals surface area contributed by atoms with Crippen molar-refractivity contribution in [1.82, 2.24) is 9.55 Å². The quantitative estimate of drug-likeness (QED) is 0.746. The first kappa shape index (κ1) is 7.75. The molecule has 1 unspecified atom stereocenters. The number of nitrogens with zero attached hydrogens (tertiary/aromatic N) is 2. The summed E-state index contributed by atoms with van der Waals surface area (Å²) in [6, 6.07) is -0.00343. The Morgan fingerprint density at radius 2 is 2.40 bits per heavy atom. The number of hydrogen-bond donors (Lipinski definition) is 1. The third-order valence-corrected chi connectivity index (χ3v) is 2.11. The van der Waals surface area contributed by atoms with Crippen molar-refractivity contribution in [2.45, 2.75) is 13.0 Å². The fourth-order valence-electron chi connectivity index (χ4n) is 0.825. The van der Waals surface area contributed by atoms with E-state index < -0.39 is 0 Å². The van der Waals surface area contributed by atoms with Crippen LogP contribution >= 0.6 is 15.9 Å². The molecule has 0 aromatic carbocycles. The van der Waals surface area contributed by atoms with E-state index in [1.807, 2.05) is 18.5 Å². The maximum atomic E-state index is 5.62. The molecule has 3 nitrogen and oxygen atoms in total. The summed E-state index contributed by atoms with van der Waals surface area (Å²) in [4.78, 5) is 4.11. The van der Waals surface area contributed by atoms with Crippen LogP contribution in [0.2, 0.25) is 0 Å². The normalized spacial score (nSPS) is 13.6. The third-order valence-electron chi connectivity index (χ3n) is 1.37. The molecule has 4 heteroatoms. The highest BCUT2D eigenvalue weighted by Crippen LogP contribution is 2.13. The smallest absolute Gasteiger partial charge is 0.125 e. The van der Waals surface area contributed by atoms with Crippen molar-refractivity contribution < 1.29 is 0 Å². The molecular weight excluding hydrogens is 194 g/mol. The average Bonchev–Trinajstić information content (AvgIpc) is 2.14. The Bertz CT molecular complexity index is 229. The molecule has 0 fully saturated rings. The molecule has 0 amide bonds. The summed E-state index contributed by atoms with van der Waals surface area (Å²) in [5.74, 6) is 0.895. The summed E-state index contributed by atoms with van der Waals surface area (Å²) < 4.78 is 2.88. The topological polar surface area (TPSA) is 43.8 Å². The van der Waals surface area contributed by atoms with E-state index in [9.17, 15) is 0 Å². The average molecular weight is 204 g/mol. The number of halogens is 1. The molecule has 0 saturated heterocycles. The van der Waals surface area contributed by atoms with Crippen LogP contribution in [0, 0.1) is 0 Å². The highest BCUT2D eigenvalue weighted by Gasteiger charge is 2.06. The van der Waals surface area contributed by atoms with Crippen LogP contribution in [0.4, 0.5) is 0 Å². The van der Waals surface area contributed by atoms with E-state index in [4.69, 9.17) is 5.73 Å². The van der Waals surface area contributed by atoms with E-state index in [-0.39, 0.29) is 6.04 Å². The van der Waals surface area contributed by atoms with Gasteiger partial charge in [0.25, 0.3) is 0 Å². The maximum absolute atomic E-state index is 5.62. The van der Waals surface area contributed by atoms with Gasteiger partial charge in [-0.2, -0.15) is 0 Å². The van der Waals surface area contributed by atoms with Gasteiger partial charge in [-0.25, -0.2) is 4.98 Å². The Balaban J connectivity index is 3.05. The molecule has 1 aromatic heterocycles. The monoisotopic (exact) mass is 203 g/mol. The second kappa shape index (κ2) is 2.72. The van der Waals surface area contributed by atoms with Crippen LogP contribution in [0.1, 0.15) is 18.8 Å². The van der Waals surface area contributed by atoms with Crippen molar-refractivity contribution in [3.05, 3.63) is 16.6 Å². The van der Waals surface area contributed by atoms with E-state index in [1.165, 1.54) is 0 Å². The van der Waals surface area contributed by atoms with Gasteiger partial charge in [-0.3, -0.25) is 0 Å². The van der Waals surface area contributed by atoms with Gasteiger partial charge in [0, 0.05) is 7.05 Å². The van der Waals surface area contributed by atoms with Crippen LogP contribution in [-0.4, -0.2) is 9.55 Å². The highest BCUT2D eigenvalue weighted by atomic mass is 79.9. The zero-order chi connectivity index (χ0) is 7.72. The predicted molar refractivity (Wildman–Crippen MR) is 43.5 cm³/mol. The van der Waals surface area contributed by atoms with Gasteiger partial charge in [-0.1, -0.05) is 0 Å². The van der Waals surface area contributed by atoms with Gasteiger partial charge in [-0.05, 0) is 22.9 Å². The van der Waals surface area contributed by atoms with Crippen molar-refractivity contribution >= 4 is 15.9 Å². The SMILES string of the molecule is CC(N)c1ncc(Br)n1C. The molecule has 0 aliphatic rings. The Morgan fingerprint density at radius 3 is 2.60 bits per heavy atom. The highest BCUT2D eigenvalue weighted by molar-refractivity contribution is 9.10. The number of aromatic nitrogens is 2. The second-order valence-corrected chi connectivity index (χ2v) is 3.10. The fourth-order valence-corrected chi connectivity index (χ4v) is 1.11. The van der Waals surface area contributed by atoms with Gasteiger partial charge in [-0.15, -0.1) is 0 Å². The van der Waals surface area contributed by atoms with Crippen LogP contribution < -0.4 is 5.73 Å². The third kappa shape index (κ3) is 1.22. The Kier molecular flexibility index (Phi) is 2.11. The molecule has 0 aliphatic heterocycles. The lowest BCUT2D eigenvalue weighted by atomic mass is 10.3. The van der Waals surface area contributed by atoms with Crippen molar-refractivity contribution in [3.8, 4) is 0 Å². The first-order valence-corrected chi connectivity index (χ1v) is 3.85. The maximum Gasteiger partial charge on any atom is 0.125 e. The molecule has 0 spiro atoms. The van der Waals surface area contributed by atoms with Crippen molar-refractivity contribution in [2.75, 3.05) is 0 Å². The van der Waals surface area contributed by atoms with Crippen molar-refractivity contribution in [1.29, 1.82) is 0 Å². The molecule has 10 heavy (non-hydrogen) atoms. The fraction of sp³-hybridized carbons (Fsp3) is 0.500. The molecule has 56 valence electrons. The second-order valence-electron chi connectivity index (χ2n) is 2.29. The number of hydrogen-bond acceptors (Lipinski definition) is 2. The Morgan fingerprint density at radius 1 is 1.80 bits per heavy atom. The molecule has 1 heterocycles. The van der Waals surface area contributed by atoms with Gasteiger partial charge in [0.15, 0.2) is 0 Å². The molecule has 0 radical (unpaired) electrons. The number of nitrogens with two attached hydrogens (primary N) is 1. The largest absolute Gasteiger partial charge is 0.325 e.